The number of halogens is 2. The van der Waals surface area contributed by atoms with Crippen molar-refractivity contribution in [2.75, 3.05) is 5.32 Å². The molecule has 0 aliphatic rings. The topological polar surface area (TPSA) is 71.5 Å². The number of hydrogen-bond donors (Lipinski definition) is 2. The molecule has 0 radical (unpaired) electrons. The fourth-order valence-electron chi connectivity index (χ4n) is 1.21. The van der Waals surface area contributed by atoms with Crippen LogP contribution in [0.4, 0.5) is 14.6 Å². The molecule has 0 bridgehead atoms. The van der Waals surface area contributed by atoms with Gasteiger partial charge in [-0.15, -0.1) is 0 Å². The van der Waals surface area contributed by atoms with Gasteiger partial charge in [-0.05, 0) is 19.4 Å². The van der Waals surface area contributed by atoms with Gasteiger partial charge in [0, 0.05) is 12.1 Å². The van der Waals surface area contributed by atoms with Gasteiger partial charge in [-0.3, -0.25) is 0 Å². The summed E-state index contributed by atoms with van der Waals surface area (Å²) in [4.78, 5) is 14.6. The Morgan fingerprint density at radius 1 is 1.56 bits per heavy atom. The molecule has 1 rings (SSSR count). The number of aromatic nitrogens is 1. The van der Waals surface area contributed by atoms with Crippen LogP contribution in [0.25, 0.3) is 0 Å². The van der Waals surface area contributed by atoms with E-state index in [0.717, 1.165) is 12.5 Å². The monoisotopic (exact) mass is 260 g/mol. The second-order valence-corrected chi connectivity index (χ2v) is 3.72. The third-order valence-corrected chi connectivity index (χ3v) is 2.27. The summed E-state index contributed by atoms with van der Waals surface area (Å²) in [7, 11) is 0. The van der Waals surface area contributed by atoms with Crippen LogP contribution in [0.1, 0.15) is 30.6 Å². The zero-order valence-corrected chi connectivity index (χ0v) is 9.98. The van der Waals surface area contributed by atoms with E-state index in [1.807, 2.05) is 13.8 Å². The molecule has 0 spiro atoms. The molecule has 100 valence electrons. The Labute approximate surface area is 103 Å². The van der Waals surface area contributed by atoms with Crippen molar-refractivity contribution in [1.29, 1.82) is 0 Å². The van der Waals surface area contributed by atoms with Gasteiger partial charge in [0.05, 0.1) is 5.56 Å². The Morgan fingerprint density at radius 2 is 2.22 bits per heavy atom. The second-order valence-electron chi connectivity index (χ2n) is 3.72. The molecule has 7 heteroatoms. The zero-order valence-electron chi connectivity index (χ0n) is 9.98. The first kappa shape index (κ1) is 14.1. The number of hydrogen-bond acceptors (Lipinski definition) is 4. The summed E-state index contributed by atoms with van der Waals surface area (Å²) in [6.45, 7) is 0.746. The van der Waals surface area contributed by atoms with Crippen molar-refractivity contribution in [2.45, 2.75) is 32.9 Å². The maximum atomic E-state index is 12.1. The maximum Gasteiger partial charge on any atom is 0.388 e. The number of nitrogens with one attached hydrogen (secondary N) is 1. The fourth-order valence-corrected chi connectivity index (χ4v) is 1.21. The van der Waals surface area contributed by atoms with Gasteiger partial charge in [0.1, 0.15) is 5.82 Å². The molecule has 1 atom stereocenters. The molecule has 0 amide bonds. The summed E-state index contributed by atoms with van der Waals surface area (Å²) in [6.07, 6.45) is 0.782. The Morgan fingerprint density at radius 3 is 2.72 bits per heavy atom. The number of nitrogens with zero attached hydrogens (tertiary/aromatic N) is 1. The third kappa shape index (κ3) is 4.15. The van der Waals surface area contributed by atoms with Gasteiger partial charge in [-0.2, -0.15) is 13.8 Å². The maximum absolute atomic E-state index is 12.1. The van der Waals surface area contributed by atoms with Crippen LogP contribution < -0.4 is 10.1 Å². The standard InChI is InChI=1S/C11H14F2N2O3/c1-3-6(2)14-8-4-7(10(16)17)5-9(15-8)18-11(12)13/h4-6,11H,3H2,1-2H3,(H,14,15)(H,16,17). The number of aromatic carboxylic acids is 1. The molecule has 0 aromatic carbocycles. The summed E-state index contributed by atoms with van der Waals surface area (Å²) in [5.41, 5.74) is -0.161. The predicted molar refractivity (Wildman–Crippen MR) is 61.2 cm³/mol. The summed E-state index contributed by atoms with van der Waals surface area (Å²) >= 11 is 0. The lowest BCUT2D eigenvalue weighted by molar-refractivity contribution is -0.0528. The van der Waals surface area contributed by atoms with Crippen molar-refractivity contribution in [1.82, 2.24) is 4.98 Å². The quantitative estimate of drug-likeness (QED) is 0.822. The van der Waals surface area contributed by atoms with E-state index in [1.54, 1.807) is 0 Å². The van der Waals surface area contributed by atoms with Crippen molar-refractivity contribution < 1.29 is 23.4 Å². The number of alkyl halides is 2. The van der Waals surface area contributed by atoms with E-state index >= 15 is 0 Å². The average molecular weight is 260 g/mol. The first-order valence-electron chi connectivity index (χ1n) is 5.39. The molecule has 5 nitrogen and oxygen atoms in total. The third-order valence-electron chi connectivity index (χ3n) is 2.27. The van der Waals surface area contributed by atoms with Crippen molar-refractivity contribution in [3.05, 3.63) is 17.7 Å². The molecule has 1 aromatic rings. The van der Waals surface area contributed by atoms with E-state index in [2.05, 4.69) is 15.0 Å². The van der Waals surface area contributed by atoms with E-state index in [-0.39, 0.29) is 17.4 Å². The van der Waals surface area contributed by atoms with Crippen LogP contribution in [0.15, 0.2) is 12.1 Å². The van der Waals surface area contributed by atoms with Crippen LogP contribution in [0.2, 0.25) is 0 Å². The Kier molecular flexibility index (Phi) is 4.82. The highest BCUT2D eigenvalue weighted by atomic mass is 19.3. The minimum atomic E-state index is -3.04. The number of ether oxygens (including phenoxy) is 1. The molecule has 0 saturated carbocycles. The second kappa shape index (κ2) is 6.13. The average Bonchev–Trinajstić information content (AvgIpc) is 2.27. The Hall–Kier alpha value is -1.92. The number of anilines is 1. The Balaban J connectivity index is 3.01. The van der Waals surface area contributed by atoms with E-state index in [4.69, 9.17) is 5.11 Å². The van der Waals surface area contributed by atoms with Crippen molar-refractivity contribution >= 4 is 11.8 Å². The number of rotatable bonds is 6. The van der Waals surface area contributed by atoms with Gasteiger partial charge in [0.2, 0.25) is 5.88 Å². The van der Waals surface area contributed by atoms with Crippen molar-refractivity contribution in [2.24, 2.45) is 0 Å². The van der Waals surface area contributed by atoms with Gasteiger partial charge in [-0.25, -0.2) is 4.79 Å². The molecule has 0 aliphatic carbocycles. The molecule has 18 heavy (non-hydrogen) atoms. The molecule has 0 fully saturated rings. The molecule has 2 N–H and O–H groups in total. The number of carbonyl (C=O) groups is 1. The van der Waals surface area contributed by atoms with E-state index in [9.17, 15) is 13.6 Å². The zero-order chi connectivity index (χ0) is 13.7. The van der Waals surface area contributed by atoms with Crippen LogP contribution in [0.3, 0.4) is 0 Å². The van der Waals surface area contributed by atoms with Gasteiger partial charge in [0.15, 0.2) is 0 Å². The van der Waals surface area contributed by atoms with Crippen LogP contribution in [-0.2, 0) is 0 Å². The van der Waals surface area contributed by atoms with Crippen molar-refractivity contribution in [3.63, 3.8) is 0 Å². The summed E-state index contributed by atoms with van der Waals surface area (Å²) in [5.74, 6) is -1.46. The molecular weight excluding hydrogens is 246 g/mol. The van der Waals surface area contributed by atoms with Gasteiger partial charge in [0.25, 0.3) is 0 Å². The predicted octanol–water partition coefficient (Wildman–Crippen LogP) is 2.59. The van der Waals surface area contributed by atoms with Crippen molar-refractivity contribution in [3.8, 4) is 5.88 Å². The fraction of sp³-hybridized carbons (Fsp3) is 0.455. The summed E-state index contributed by atoms with van der Waals surface area (Å²) < 4.78 is 28.3. The molecular formula is C11H14F2N2O3. The lowest BCUT2D eigenvalue weighted by atomic mass is 10.2. The van der Waals surface area contributed by atoms with E-state index < -0.39 is 18.5 Å². The normalized spacial score (nSPS) is 12.3. The summed E-state index contributed by atoms with van der Waals surface area (Å²) in [5, 5.41) is 11.8. The number of carboxylic acids is 1. The minimum Gasteiger partial charge on any atom is -0.478 e. The lowest BCUT2D eigenvalue weighted by Gasteiger charge is -2.13. The van der Waals surface area contributed by atoms with Gasteiger partial charge < -0.3 is 15.2 Å². The minimum absolute atomic E-state index is 0.0425. The Bertz CT molecular complexity index is 427. The molecule has 0 saturated heterocycles. The largest absolute Gasteiger partial charge is 0.478 e. The first-order chi connectivity index (χ1) is 8.42. The van der Waals surface area contributed by atoms with Crippen LogP contribution in [-0.4, -0.2) is 28.7 Å². The highest BCUT2D eigenvalue weighted by Gasteiger charge is 2.13. The lowest BCUT2D eigenvalue weighted by Crippen LogP contribution is -2.16. The van der Waals surface area contributed by atoms with Gasteiger partial charge >= 0.3 is 12.6 Å². The smallest absolute Gasteiger partial charge is 0.388 e. The molecule has 1 aromatic heterocycles. The SMILES string of the molecule is CCC(C)Nc1cc(C(=O)O)cc(OC(F)F)n1. The van der Waals surface area contributed by atoms with E-state index in [0.29, 0.717) is 0 Å². The number of carboxylic acid groups (broad SMARTS) is 1. The first-order valence-corrected chi connectivity index (χ1v) is 5.39. The molecule has 1 unspecified atom stereocenters. The summed E-state index contributed by atoms with van der Waals surface area (Å²) in [6, 6.07) is 2.27. The molecule has 1 heterocycles. The number of pyridine rings is 1. The molecule has 0 aliphatic heterocycles. The van der Waals surface area contributed by atoms with Gasteiger partial charge in [-0.1, -0.05) is 6.92 Å². The highest BCUT2D eigenvalue weighted by Crippen LogP contribution is 2.19. The highest BCUT2D eigenvalue weighted by molar-refractivity contribution is 5.88. The van der Waals surface area contributed by atoms with Crippen LogP contribution in [0.5, 0.6) is 5.88 Å². The van der Waals surface area contributed by atoms with Crippen LogP contribution >= 0.6 is 0 Å². The van der Waals surface area contributed by atoms with E-state index in [1.165, 1.54) is 6.07 Å². The van der Waals surface area contributed by atoms with Crippen LogP contribution in [0, 0.1) is 0 Å².